The number of aryl methyl sites for hydroxylation is 1. The van der Waals surface area contributed by atoms with E-state index in [4.69, 9.17) is 5.39 Å². The van der Waals surface area contributed by atoms with Gasteiger partial charge in [-0.25, -0.2) is 0 Å². The van der Waals surface area contributed by atoms with Crippen LogP contribution in [0.2, 0.25) is 0 Å². The lowest BCUT2D eigenvalue weighted by Gasteiger charge is -2.11. The average Bonchev–Trinajstić information content (AvgIpc) is 2.91. The van der Waals surface area contributed by atoms with Gasteiger partial charge in [0.2, 0.25) is 11.3 Å². The molecule has 0 spiro atoms. The molecule has 1 rings (SSSR count). The Balaban J connectivity index is 2.53. The molecule has 1 aromatic heterocycles. The van der Waals surface area contributed by atoms with Gasteiger partial charge in [0.05, 0.1) is 0 Å². The summed E-state index contributed by atoms with van der Waals surface area (Å²) in [6, 6.07) is 3.94. The van der Waals surface area contributed by atoms with Gasteiger partial charge in [-0.15, -0.1) is 11.3 Å². The number of aliphatic hydroxyl groups excluding tert-OH is 1. The third kappa shape index (κ3) is 4.17. The van der Waals surface area contributed by atoms with E-state index in [0.29, 0.717) is 6.42 Å². The molecule has 0 aromatic carbocycles. The molecule has 1 aromatic rings. The standard InChI is InChI=1S/C13H15N3O3S/c1-9(17)12(15-14)13(19)16(2)11(18)7-3-5-10-6-4-8-20-10/h4,6,8H,3,5,7H2,1-2H3/p+1. The second-order valence-electron chi connectivity index (χ2n) is 4.22. The molecular weight excluding hydrogens is 278 g/mol. The Morgan fingerprint density at radius 1 is 1.50 bits per heavy atom. The van der Waals surface area contributed by atoms with Crippen LogP contribution in [0.5, 0.6) is 0 Å². The molecule has 106 valence electrons. The lowest BCUT2D eigenvalue weighted by molar-refractivity contribution is -0.140. The zero-order valence-corrected chi connectivity index (χ0v) is 12.2. The molecule has 0 saturated heterocycles. The van der Waals surface area contributed by atoms with Crippen molar-refractivity contribution in [2.75, 3.05) is 7.05 Å². The fourth-order valence-electron chi connectivity index (χ4n) is 1.58. The van der Waals surface area contributed by atoms with Gasteiger partial charge in [-0.3, -0.25) is 14.5 Å². The van der Waals surface area contributed by atoms with Gasteiger partial charge in [0, 0.05) is 25.3 Å². The van der Waals surface area contributed by atoms with E-state index >= 15 is 0 Å². The summed E-state index contributed by atoms with van der Waals surface area (Å²) in [4.78, 5) is 28.4. The number of carbonyl (C=O) groups excluding carboxylic acids is 2. The Labute approximate surface area is 121 Å². The molecule has 0 atom stereocenters. The number of rotatable bonds is 5. The number of amides is 2. The summed E-state index contributed by atoms with van der Waals surface area (Å²) in [6.07, 6.45) is 1.62. The zero-order chi connectivity index (χ0) is 15.1. The second kappa shape index (κ2) is 7.40. The van der Waals surface area contributed by atoms with Gasteiger partial charge in [-0.05, 0) is 24.3 Å². The topological polar surface area (TPSA) is 85.8 Å². The highest BCUT2D eigenvalue weighted by Crippen LogP contribution is 2.13. The van der Waals surface area contributed by atoms with Crippen molar-refractivity contribution in [1.82, 2.24) is 4.90 Å². The van der Waals surface area contributed by atoms with Crippen molar-refractivity contribution in [3.05, 3.63) is 38.8 Å². The summed E-state index contributed by atoms with van der Waals surface area (Å²) in [5.74, 6) is -1.64. The van der Waals surface area contributed by atoms with Gasteiger partial charge in [0.25, 0.3) is 0 Å². The molecule has 0 aliphatic carbocycles. The SMILES string of the molecule is C/C(O)=C(\[N+]#N)C(=O)N(C)C(=O)CCCc1cccs1. The predicted molar refractivity (Wildman–Crippen MR) is 75.4 cm³/mol. The Morgan fingerprint density at radius 2 is 2.20 bits per heavy atom. The van der Waals surface area contributed by atoms with E-state index < -0.39 is 17.4 Å². The molecule has 0 aliphatic heterocycles. The number of hydrogen-bond acceptors (Lipinski definition) is 5. The van der Waals surface area contributed by atoms with Crippen LogP contribution in [0.25, 0.3) is 4.98 Å². The van der Waals surface area contributed by atoms with Gasteiger partial charge in [0.1, 0.15) is 0 Å². The highest BCUT2D eigenvalue weighted by molar-refractivity contribution is 7.09. The number of carbonyl (C=O) groups is 2. The van der Waals surface area contributed by atoms with E-state index in [9.17, 15) is 14.7 Å². The minimum Gasteiger partial charge on any atom is -0.505 e. The number of diazo groups is 1. The van der Waals surface area contributed by atoms with Crippen LogP contribution in [0, 0.1) is 5.39 Å². The number of aliphatic hydroxyl groups is 1. The molecule has 0 fully saturated rings. The maximum atomic E-state index is 11.8. The number of nitrogens with zero attached hydrogens (tertiary/aromatic N) is 3. The highest BCUT2D eigenvalue weighted by atomic mass is 32.1. The fourth-order valence-corrected chi connectivity index (χ4v) is 2.33. The predicted octanol–water partition coefficient (Wildman–Crippen LogP) is 2.70. The first-order valence-electron chi connectivity index (χ1n) is 6.05. The first-order valence-corrected chi connectivity index (χ1v) is 6.93. The summed E-state index contributed by atoms with van der Waals surface area (Å²) >= 11 is 1.62. The lowest BCUT2D eigenvalue weighted by atomic mass is 10.2. The first kappa shape index (κ1) is 15.9. The lowest BCUT2D eigenvalue weighted by Crippen LogP contribution is -2.33. The second-order valence-corrected chi connectivity index (χ2v) is 5.26. The van der Waals surface area contributed by atoms with Gasteiger partial charge in [0.15, 0.2) is 10.7 Å². The quantitative estimate of drug-likeness (QED) is 0.514. The van der Waals surface area contributed by atoms with Crippen molar-refractivity contribution in [2.45, 2.75) is 26.2 Å². The summed E-state index contributed by atoms with van der Waals surface area (Å²) in [6.45, 7) is 1.21. The van der Waals surface area contributed by atoms with Gasteiger partial charge >= 0.3 is 11.6 Å². The molecule has 1 N–H and O–H groups in total. The molecule has 6 nitrogen and oxygen atoms in total. The Hall–Kier alpha value is -2.20. The smallest absolute Gasteiger partial charge is 0.485 e. The molecule has 0 aliphatic rings. The normalized spacial score (nSPS) is 11.4. The van der Waals surface area contributed by atoms with Crippen LogP contribution in [0.15, 0.2) is 29.0 Å². The minimum absolute atomic E-state index is 0.212. The molecule has 1 heterocycles. The third-order valence-corrected chi connectivity index (χ3v) is 3.65. The number of allylic oxidation sites excluding steroid dienone is 1. The van der Waals surface area contributed by atoms with Crippen LogP contribution < -0.4 is 0 Å². The molecule has 7 heteroatoms. The molecule has 20 heavy (non-hydrogen) atoms. The molecular formula is C13H16N3O3S+. The average molecular weight is 294 g/mol. The van der Waals surface area contributed by atoms with Crippen LogP contribution in [0.4, 0.5) is 0 Å². The maximum Gasteiger partial charge on any atom is 0.485 e. The monoisotopic (exact) mass is 294 g/mol. The molecule has 0 unspecified atom stereocenters. The van der Waals surface area contributed by atoms with Crippen LogP contribution in [-0.4, -0.2) is 28.9 Å². The number of thiophene rings is 1. The first-order chi connectivity index (χ1) is 9.47. The van der Waals surface area contributed by atoms with Crippen LogP contribution in [-0.2, 0) is 16.0 Å². The number of likely N-dealkylation sites (N-methyl/N-ethyl adjacent to an activating group) is 1. The van der Waals surface area contributed by atoms with Crippen LogP contribution in [0.3, 0.4) is 0 Å². The Bertz CT molecular complexity index is 554. The van der Waals surface area contributed by atoms with Crippen LogP contribution >= 0.6 is 11.3 Å². The van der Waals surface area contributed by atoms with E-state index in [1.54, 1.807) is 11.3 Å². The molecule has 0 radical (unpaired) electrons. The zero-order valence-electron chi connectivity index (χ0n) is 11.4. The van der Waals surface area contributed by atoms with E-state index in [1.165, 1.54) is 18.8 Å². The molecule has 0 bridgehead atoms. The highest BCUT2D eigenvalue weighted by Gasteiger charge is 2.32. The summed E-state index contributed by atoms with van der Waals surface area (Å²) in [7, 11) is 1.30. The van der Waals surface area contributed by atoms with Crippen molar-refractivity contribution in [2.24, 2.45) is 0 Å². The minimum atomic E-state index is -0.825. The number of imide groups is 1. The van der Waals surface area contributed by atoms with Gasteiger partial charge < -0.3 is 5.11 Å². The summed E-state index contributed by atoms with van der Waals surface area (Å²) in [5.41, 5.74) is -0.529. The molecule has 0 saturated carbocycles. The van der Waals surface area contributed by atoms with Crippen molar-refractivity contribution in [3.8, 4) is 0 Å². The maximum absolute atomic E-state index is 11.8. The summed E-state index contributed by atoms with van der Waals surface area (Å²) in [5, 5.41) is 19.8. The van der Waals surface area contributed by atoms with Crippen molar-refractivity contribution in [1.29, 1.82) is 5.39 Å². The summed E-state index contributed by atoms with van der Waals surface area (Å²) < 4.78 is 0. The fraction of sp³-hybridized carbons (Fsp3) is 0.385. The number of hydrogen-bond donors (Lipinski definition) is 1. The Kier molecular flexibility index (Phi) is 5.87. The van der Waals surface area contributed by atoms with Crippen molar-refractivity contribution in [3.63, 3.8) is 0 Å². The molecule has 2 amide bonds. The van der Waals surface area contributed by atoms with E-state index in [2.05, 4.69) is 4.98 Å². The van der Waals surface area contributed by atoms with Crippen molar-refractivity contribution < 1.29 is 14.7 Å². The Morgan fingerprint density at radius 3 is 2.70 bits per heavy atom. The van der Waals surface area contributed by atoms with E-state index in [-0.39, 0.29) is 12.3 Å². The largest absolute Gasteiger partial charge is 0.505 e. The van der Waals surface area contributed by atoms with Crippen molar-refractivity contribution >= 4 is 23.2 Å². The van der Waals surface area contributed by atoms with E-state index in [0.717, 1.165) is 11.3 Å². The third-order valence-electron chi connectivity index (χ3n) is 2.72. The van der Waals surface area contributed by atoms with Gasteiger partial charge in [-0.2, -0.15) is 0 Å². The van der Waals surface area contributed by atoms with E-state index in [1.807, 2.05) is 17.5 Å². The van der Waals surface area contributed by atoms with Crippen LogP contribution in [0.1, 0.15) is 24.6 Å². The van der Waals surface area contributed by atoms with Gasteiger partial charge in [-0.1, -0.05) is 6.07 Å².